The highest BCUT2D eigenvalue weighted by molar-refractivity contribution is 7.89. The lowest BCUT2D eigenvalue weighted by molar-refractivity contribution is 0.364. The molecule has 0 radical (unpaired) electrons. The Morgan fingerprint density at radius 1 is 1.37 bits per heavy atom. The van der Waals surface area contributed by atoms with Gasteiger partial charge in [-0.15, -0.1) is 0 Å². The van der Waals surface area contributed by atoms with Crippen LogP contribution in [0.15, 0.2) is 21.6 Å². The van der Waals surface area contributed by atoms with Crippen LogP contribution in [0, 0.1) is 11.8 Å². The summed E-state index contributed by atoms with van der Waals surface area (Å²) in [6.07, 6.45) is 3.92. The summed E-state index contributed by atoms with van der Waals surface area (Å²) >= 11 is 0. The second-order valence-electron chi connectivity index (χ2n) is 5.23. The van der Waals surface area contributed by atoms with Gasteiger partial charge in [-0.1, -0.05) is 19.8 Å². The van der Waals surface area contributed by atoms with Gasteiger partial charge in [0.25, 0.3) is 10.0 Å². The average molecular weight is 286 g/mol. The van der Waals surface area contributed by atoms with Crippen LogP contribution in [0.25, 0.3) is 0 Å². The third-order valence-corrected chi connectivity index (χ3v) is 5.20. The van der Waals surface area contributed by atoms with E-state index in [1.807, 2.05) is 0 Å². The summed E-state index contributed by atoms with van der Waals surface area (Å²) < 4.78 is 30.6. The Balaban J connectivity index is 1.84. The quantitative estimate of drug-likeness (QED) is 0.835. The minimum absolute atomic E-state index is 0.0268. The highest BCUT2D eigenvalue weighted by Crippen LogP contribution is 2.30. The van der Waals surface area contributed by atoms with Gasteiger partial charge in [0.1, 0.15) is 5.76 Å². The summed E-state index contributed by atoms with van der Waals surface area (Å²) in [6, 6.07) is 3.19. The van der Waals surface area contributed by atoms with Crippen molar-refractivity contribution >= 4 is 10.0 Å². The predicted octanol–water partition coefficient (Wildman–Crippen LogP) is 1.71. The van der Waals surface area contributed by atoms with Gasteiger partial charge in [0.05, 0.1) is 6.54 Å². The highest BCUT2D eigenvalue weighted by atomic mass is 32.2. The van der Waals surface area contributed by atoms with Gasteiger partial charge in [0, 0.05) is 0 Å². The van der Waals surface area contributed by atoms with Gasteiger partial charge < -0.3 is 9.73 Å². The molecule has 0 amide bonds. The Kier molecular flexibility index (Phi) is 4.65. The Bertz CT molecular complexity index is 510. The molecule has 1 aromatic rings. The van der Waals surface area contributed by atoms with Crippen LogP contribution in [0.4, 0.5) is 0 Å². The van der Waals surface area contributed by atoms with E-state index < -0.39 is 10.0 Å². The Hall–Kier alpha value is -0.850. The maximum absolute atomic E-state index is 11.5. The monoisotopic (exact) mass is 286 g/mol. The molecule has 2 N–H and O–H groups in total. The first-order valence-corrected chi connectivity index (χ1v) is 8.24. The van der Waals surface area contributed by atoms with E-state index in [1.165, 1.54) is 32.4 Å². The molecule has 19 heavy (non-hydrogen) atoms. The van der Waals surface area contributed by atoms with Gasteiger partial charge in [0.15, 0.2) is 0 Å². The molecular weight excluding hydrogens is 264 g/mol. The number of rotatable bonds is 6. The number of hydrogen-bond donors (Lipinski definition) is 2. The van der Waals surface area contributed by atoms with Crippen molar-refractivity contribution < 1.29 is 12.8 Å². The molecule has 1 heterocycles. The molecule has 0 aliphatic heterocycles. The van der Waals surface area contributed by atoms with E-state index in [2.05, 4.69) is 17.0 Å². The molecule has 2 rings (SSSR count). The second kappa shape index (κ2) is 6.07. The van der Waals surface area contributed by atoms with Gasteiger partial charge >= 0.3 is 0 Å². The summed E-state index contributed by atoms with van der Waals surface area (Å²) in [6.45, 7) is 3.84. The first kappa shape index (κ1) is 14.6. The van der Waals surface area contributed by atoms with Crippen LogP contribution in [0.2, 0.25) is 0 Å². The molecule has 1 aliphatic rings. The maximum Gasteiger partial charge on any atom is 0.273 e. The Morgan fingerprint density at radius 2 is 2.16 bits per heavy atom. The topological polar surface area (TPSA) is 71.3 Å². The number of sulfonamides is 1. The largest absolute Gasteiger partial charge is 0.447 e. The standard InChI is InChI=1S/C13H22N2O3S/c1-10-4-3-5-11(10)8-15-9-12-6-7-13(18-12)19(16,17)14-2/h6-7,10-11,14-15H,3-5,8-9H2,1-2H3. The first-order chi connectivity index (χ1) is 9.03. The summed E-state index contributed by atoms with van der Waals surface area (Å²) in [5.41, 5.74) is 0. The SMILES string of the molecule is CNS(=O)(=O)c1ccc(CNCC2CCCC2C)o1. The summed E-state index contributed by atoms with van der Waals surface area (Å²) in [4.78, 5) is 0. The van der Waals surface area contributed by atoms with Gasteiger partial charge in [0.2, 0.25) is 5.09 Å². The van der Waals surface area contributed by atoms with E-state index in [4.69, 9.17) is 4.42 Å². The van der Waals surface area contributed by atoms with E-state index in [0.717, 1.165) is 18.4 Å². The van der Waals surface area contributed by atoms with Crippen molar-refractivity contribution in [3.05, 3.63) is 17.9 Å². The average Bonchev–Trinajstić information content (AvgIpc) is 3.00. The molecule has 108 valence electrons. The van der Waals surface area contributed by atoms with Crippen molar-refractivity contribution in [3.63, 3.8) is 0 Å². The number of nitrogens with one attached hydrogen (secondary N) is 2. The minimum atomic E-state index is -3.47. The molecule has 0 spiro atoms. The lowest BCUT2D eigenvalue weighted by Crippen LogP contribution is -2.23. The summed E-state index contributed by atoms with van der Waals surface area (Å²) in [5.74, 6) is 2.17. The van der Waals surface area contributed by atoms with E-state index in [9.17, 15) is 8.42 Å². The smallest absolute Gasteiger partial charge is 0.273 e. The van der Waals surface area contributed by atoms with Crippen LogP contribution in [0.3, 0.4) is 0 Å². The van der Waals surface area contributed by atoms with Gasteiger partial charge in [-0.25, -0.2) is 13.1 Å². The summed E-state index contributed by atoms with van der Waals surface area (Å²) in [5, 5.41) is 3.32. The lowest BCUT2D eigenvalue weighted by atomic mass is 9.98. The zero-order valence-electron chi connectivity index (χ0n) is 11.5. The van der Waals surface area contributed by atoms with Crippen LogP contribution in [0.1, 0.15) is 31.9 Å². The van der Waals surface area contributed by atoms with Crippen molar-refractivity contribution in [1.82, 2.24) is 10.0 Å². The zero-order chi connectivity index (χ0) is 13.9. The normalized spacial score (nSPS) is 23.9. The lowest BCUT2D eigenvalue weighted by Gasteiger charge is -2.15. The summed E-state index contributed by atoms with van der Waals surface area (Å²) in [7, 11) is -2.10. The molecule has 1 aromatic heterocycles. The highest BCUT2D eigenvalue weighted by Gasteiger charge is 2.22. The molecule has 1 aliphatic carbocycles. The van der Waals surface area contributed by atoms with Crippen molar-refractivity contribution in [2.75, 3.05) is 13.6 Å². The van der Waals surface area contributed by atoms with Crippen LogP contribution >= 0.6 is 0 Å². The number of furan rings is 1. The van der Waals surface area contributed by atoms with E-state index in [1.54, 1.807) is 6.07 Å². The molecule has 1 saturated carbocycles. The van der Waals surface area contributed by atoms with E-state index >= 15 is 0 Å². The molecule has 6 heteroatoms. The molecule has 0 bridgehead atoms. The Labute approximate surface area is 114 Å². The van der Waals surface area contributed by atoms with Crippen LogP contribution in [0.5, 0.6) is 0 Å². The van der Waals surface area contributed by atoms with E-state index in [0.29, 0.717) is 12.3 Å². The van der Waals surface area contributed by atoms with Gasteiger partial charge in [-0.05, 0) is 44.0 Å². The molecule has 0 aromatic carbocycles. The van der Waals surface area contributed by atoms with Crippen LogP contribution in [-0.2, 0) is 16.6 Å². The maximum atomic E-state index is 11.5. The molecular formula is C13H22N2O3S. The third kappa shape index (κ3) is 3.58. The zero-order valence-corrected chi connectivity index (χ0v) is 12.3. The molecule has 1 fully saturated rings. The molecule has 2 atom stereocenters. The fraction of sp³-hybridized carbons (Fsp3) is 0.692. The predicted molar refractivity (Wildman–Crippen MR) is 73.2 cm³/mol. The first-order valence-electron chi connectivity index (χ1n) is 6.76. The number of hydrogen-bond acceptors (Lipinski definition) is 4. The third-order valence-electron chi connectivity index (χ3n) is 3.92. The van der Waals surface area contributed by atoms with Crippen LogP contribution in [-0.4, -0.2) is 22.0 Å². The molecule has 5 nitrogen and oxygen atoms in total. The van der Waals surface area contributed by atoms with Crippen molar-refractivity contribution in [2.24, 2.45) is 11.8 Å². The van der Waals surface area contributed by atoms with Gasteiger partial charge in [-0.2, -0.15) is 0 Å². The fourth-order valence-electron chi connectivity index (χ4n) is 2.60. The van der Waals surface area contributed by atoms with Gasteiger partial charge in [-0.3, -0.25) is 0 Å². The van der Waals surface area contributed by atoms with Crippen molar-refractivity contribution in [1.29, 1.82) is 0 Å². The van der Waals surface area contributed by atoms with E-state index in [-0.39, 0.29) is 5.09 Å². The van der Waals surface area contributed by atoms with Crippen molar-refractivity contribution in [3.8, 4) is 0 Å². The Morgan fingerprint density at radius 3 is 2.79 bits per heavy atom. The fourth-order valence-corrected chi connectivity index (χ4v) is 3.27. The van der Waals surface area contributed by atoms with Crippen molar-refractivity contribution in [2.45, 2.75) is 37.8 Å². The minimum Gasteiger partial charge on any atom is -0.447 e. The molecule has 2 unspecified atom stereocenters. The second-order valence-corrected chi connectivity index (χ2v) is 7.04. The van der Waals surface area contributed by atoms with Crippen LogP contribution < -0.4 is 10.0 Å². The molecule has 0 saturated heterocycles.